The lowest BCUT2D eigenvalue weighted by molar-refractivity contribution is -0.138. The Labute approximate surface area is 270 Å². The van der Waals surface area contributed by atoms with Gasteiger partial charge in [0, 0.05) is 22.0 Å². The number of carbonyl (C=O) groups excluding carboxylic acids is 1. The third-order valence-electron chi connectivity index (χ3n) is 8.38. The third-order valence-corrected chi connectivity index (χ3v) is 9.36. The molecule has 0 aliphatic carbocycles. The van der Waals surface area contributed by atoms with Crippen molar-refractivity contribution >= 4 is 40.0 Å². The Morgan fingerprint density at radius 2 is 1.57 bits per heavy atom. The van der Waals surface area contributed by atoms with Gasteiger partial charge in [0.15, 0.2) is 4.80 Å². The molecule has 0 radical (unpaired) electrons. The zero-order valence-corrected chi connectivity index (χ0v) is 26.7. The van der Waals surface area contributed by atoms with E-state index >= 15 is 0 Å². The number of carbonyl (C=O) groups is 1. The van der Waals surface area contributed by atoms with Crippen molar-refractivity contribution in [2.24, 2.45) is 4.99 Å². The first kappa shape index (κ1) is 29.4. The van der Waals surface area contributed by atoms with Gasteiger partial charge in [0.2, 0.25) is 0 Å². The van der Waals surface area contributed by atoms with Crippen molar-refractivity contribution in [3.05, 3.63) is 157 Å². The van der Waals surface area contributed by atoms with Gasteiger partial charge in [0.1, 0.15) is 0 Å². The van der Waals surface area contributed by atoms with Gasteiger partial charge in [-0.25, -0.2) is 9.79 Å². The van der Waals surface area contributed by atoms with Crippen LogP contribution >= 0.6 is 11.3 Å². The number of benzene rings is 4. The fraction of sp³-hybridized carbons (Fsp3) is 0.154. The lowest BCUT2D eigenvalue weighted by Crippen LogP contribution is -2.40. The quantitative estimate of drug-likeness (QED) is 0.191. The predicted molar refractivity (Wildman–Crippen MR) is 185 cm³/mol. The van der Waals surface area contributed by atoms with Gasteiger partial charge in [-0.3, -0.25) is 9.36 Å². The minimum absolute atomic E-state index is 0.205. The molecular formula is C39H33N3O3S. The molecule has 3 heterocycles. The van der Waals surface area contributed by atoms with E-state index in [9.17, 15) is 9.59 Å². The summed E-state index contributed by atoms with van der Waals surface area (Å²) in [6.07, 6.45) is 1.96. The molecule has 1 N–H and O–H groups in total. The Balaban J connectivity index is 1.52. The van der Waals surface area contributed by atoms with Crippen molar-refractivity contribution in [3.63, 3.8) is 0 Å². The van der Waals surface area contributed by atoms with Crippen molar-refractivity contribution in [2.45, 2.75) is 32.7 Å². The topological polar surface area (TPSA) is 76.4 Å². The molecule has 6 nitrogen and oxygen atoms in total. The van der Waals surface area contributed by atoms with Crippen LogP contribution in [0.4, 0.5) is 0 Å². The number of para-hydroxylation sites is 1. The molecule has 2 aromatic heterocycles. The van der Waals surface area contributed by atoms with Crippen molar-refractivity contribution in [1.29, 1.82) is 0 Å². The maximum Gasteiger partial charge on any atom is 0.338 e. The zero-order valence-electron chi connectivity index (χ0n) is 25.9. The summed E-state index contributed by atoms with van der Waals surface area (Å²) < 4.78 is 7.82. The number of aromatic nitrogens is 2. The van der Waals surface area contributed by atoms with Gasteiger partial charge in [-0.05, 0) is 41.7 Å². The lowest BCUT2D eigenvalue weighted by Gasteiger charge is -2.26. The average Bonchev–Trinajstić information content (AvgIpc) is 3.61. The fourth-order valence-corrected chi connectivity index (χ4v) is 7.08. The highest BCUT2D eigenvalue weighted by Gasteiger charge is 2.35. The number of esters is 1. The second-order valence-corrected chi connectivity index (χ2v) is 12.6. The number of rotatable bonds is 7. The van der Waals surface area contributed by atoms with Crippen molar-refractivity contribution in [2.75, 3.05) is 6.61 Å². The van der Waals surface area contributed by atoms with Crippen LogP contribution in [0.3, 0.4) is 0 Å². The number of H-pyrrole nitrogens is 1. The van der Waals surface area contributed by atoms with Crippen LogP contribution in [0.2, 0.25) is 0 Å². The molecule has 228 valence electrons. The number of aromatic amines is 1. The van der Waals surface area contributed by atoms with Crippen LogP contribution in [0.1, 0.15) is 55.0 Å². The molecular weight excluding hydrogens is 591 g/mol. The minimum atomic E-state index is -0.717. The van der Waals surface area contributed by atoms with Crippen LogP contribution in [0.15, 0.2) is 125 Å². The Bertz CT molecular complexity index is 2280. The van der Waals surface area contributed by atoms with E-state index in [1.807, 2.05) is 84.9 Å². The van der Waals surface area contributed by atoms with E-state index in [4.69, 9.17) is 9.73 Å². The van der Waals surface area contributed by atoms with Crippen LogP contribution in [0, 0.1) is 0 Å². The monoisotopic (exact) mass is 623 g/mol. The molecule has 1 atom stereocenters. The Hall–Kier alpha value is -5.27. The predicted octanol–water partition coefficient (Wildman–Crippen LogP) is 7.21. The average molecular weight is 624 g/mol. The molecule has 6 aromatic rings. The summed E-state index contributed by atoms with van der Waals surface area (Å²) in [4.78, 5) is 37.5. The maximum absolute atomic E-state index is 14.5. The van der Waals surface area contributed by atoms with Crippen LogP contribution in [0.25, 0.3) is 33.9 Å². The van der Waals surface area contributed by atoms with E-state index in [2.05, 4.69) is 49.2 Å². The second kappa shape index (κ2) is 12.3. The Morgan fingerprint density at radius 1 is 0.913 bits per heavy atom. The molecule has 0 unspecified atom stereocenters. The second-order valence-electron chi connectivity index (χ2n) is 11.6. The van der Waals surface area contributed by atoms with Gasteiger partial charge >= 0.3 is 5.97 Å². The summed E-state index contributed by atoms with van der Waals surface area (Å²) in [6, 6.07) is 35.3. The number of fused-ring (bicyclic) bond motifs is 2. The van der Waals surface area contributed by atoms with Gasteiger partial charge in [-0.15, -0.1) is 0 Å². The molecule has 4 aromatic carbocycles. The summed E-state index contributed by atoms with van der Waals surface area (Å²) in [7, 11) is 0. The fourth-order valence-electron chi connectivity index (χ4n) is 6.10. The molecule has 0 amide bonds. The molecule has 0 saturated heterocycles. The van der Waals surface area contributed by atoms with E-state index in [0.717, 1.165) is 38.9 Å². The number of thiazole rings is 1. The molecule has 0 spiro atoms. The Kier molecular flexibility index (Phi) is 7.84. The first-order valence-electron chi connectivity index (χ1n) is 15.5. The van der Waals surface area contributed by atoms with E-state index in [0.29, 0.717) is 26.5 Å². The van der Waals surface area contributed by atoms with Crippen molar-refractivity contribution < 1.29 is 9.53 Å². The highest BCUT2D eigenvalue weighted by molar-refractivity contribution is 7.07. The van der Waals surface area contributed by atoms with Gasteiger partial charge in [0.05, 0.1) is 34.1 Å². The van der Waals surface area contributed by atoms with Crippen LogP contribution in [-0.2, 0) is 9.53 Å². The normalized spacial score (nSPS) is 14.9. The van der Waals surface area contributed by atoms with E-state index in [1.165, 1.54) is 16.9 Å². The molecule has 7 heteroatoms. The number of hydrogen-bond acceptors (Lipinski definition) is 5. The largest absolute Gasteiger partial charge is 0.463 e. The smallest absolute Gasteiger partial charge is 0.338 e. The molecule has 1 aliphatic rings. The maximum atomic E-state index is 14.5. The van der Waals surface area contributed by atoms with Crippen LogP contribution < -0.4 is 14.9 Å². The standard InChI is InChI=1S/C39H33N3O3S/c1-4-45-38(44)33-35(27-15-9-6-10-16-27)41-39-42(36(33)28-21-19-25(20-22-28)24(2)3)37(43)32(46-39)23-30-29-17-11-12-18-31(29)40-34(30)26-13-7-5-8-14-26/h5-24,36,40H,4H2,1-3H3/b32-23-/t36-/m0/s1. The van der Waals surface area contributed by atoms with E-state index < -0.39 is 12.0 Å². The minimum Gasteiger partial charge on any atom is -0.463 e. The Morgan fingerprint density at radius 3 is 2.24 bits per heavy atom. The molecule has 7 rings (SSSR count). The van der Waals surface area contributed by atoms with Crippen molar-refractivity contribution in [1.82, 2.24) is 9.55 Å². The number of nitrogens with zero attached hydrogens (tertiary/aromatic N) is 2. The summed E-state index contributed by atoms with van der Waals surface area (Å²) in [6.45, 7) is 6.28. The molecule has 1 aliphatic heterocycles. The van der Waals surface area contributed by atoms with Crippen LogP contribution in [-0.4, -0.2) is 22.1 Å². The summed E-state index contributed by atoms with van der Waals surface area (Å²) in [5.41, 5.74) is 7.31. The first-order chi connectivity index (χ1) is 22.4. The SMILES string of the molecule is CCOC(=O)C1=C(c2ccccc2)N=c2s/c(=C\c3c(-c4ccccc4)[nH]c4ccccc34)c(=O)n2[C@H]1c1ccc(C(C)C)cc1. The summed E-state index contributed by atoms with van der Waals surface area (Å²) in [5.74, 6) is -0.147. The number of nitrogens with one attached hydrogen (secondary N) is 1. The summed E-state index contributed by atoms with van der Waals surface area (Å²) >= 11 is 1.33. The molecule has 0 fully saturated rings. The van der Waals surface area contributed by atoms with Gasteiger partial charge in [-0.2, -0.15) is 0 Å². The third kappa shape index (κ3) is 5.22. The number of hydrogen-bond donors (Lipinski definition) is 1. The lowest BCUT2D eigenvalue weighted by atomic mass is 9.91. The van der Waals surface area contributed by atoms with Gasteiger partial charge < -0.3 is 9.72 Å². The van der Waals surface area contributed by atoms with Gasteiger partial charge in [-0.1, -0.05) is 128 Å². The van der Waals surface area contributed by atoms with Gasteiger partial charge in [0.25, 0.3) is 5.56 Å². The highest BCUT2D eigenvalue weighted by atomic mass is 32.1. The van der Waals surface area contributed by atoms with E-state index in [1.54, 1.807) is 11.5 Å². The van der Waals surface area contributed by atoms with E-state index in [-0.39, 0.29) is 12.2 Å². The summed E-state index contributed by atoms with van der Waals surface area (Å²) in [5, 5.41) is 1.02. The number of ether oxygens (including phenoxy) is 1. The molecule has 0 saturated carbocycles. The van der Waals surface area contributed by atoms with Crippen molar-refractivity contribution in [3.8, 4) is 11.3 Å². The molecule has 46 heavy (non-hydrogen) atoms. The highest BCUT2D eigenvalue weighted by Crippen LogP contribution is 2.36. The zero-order chi connectivity index (χ0) is 31.8. The first-order valence-corrected chi connectivity index (χ1v) is 16.3. The molecule has 0 bridgehead atoms. The van der Waals surface area contributed by atoms with Crippen LogP contribution in [0.5, 0.6) is 0 Å².